The molecule has 0 saturated heterocycles. The van der Waals surface area contributed by atoms with Gasteiger partial charge in [0.05, 0.1) is 0 Å². The summed E-state index contributed by atoms with van der Waals surface area (Å²) in [6.45, 7) is 6.91. The molecule has 1 amide bonds. The highest BCUT2D eigenvalue weighted by atomic mass is 16.1. The first-order valence-corrected chi connectivity index (χ1v) is 8.29. The lowest BCUT2D eigenvalue weighted by Gasteiger charge is -2.14. The van der Waals surface area contributed by atoms with E-state index in [1.165, 1.54) is 0 Å². The van der Waals surface area contributed by atoms with Gasteiger partial charge in [0.15, 0.2) is 0 Å². The molecule has 2 heterocycles. The molecule has 0 fully saturated rings. The molecule has 7 nitrogen and oxygen atoms in total. The standard InChI is InChI=1S/C18H23N5O2/c1-12(11-23-8-4-7-21-23)10-20-17(24)6-5-15-13(2)16(9-19)18(25)22-14(15)3/h4,7-8,12H,5-6,10-11H2,1-3H3,(H,20,24)(H,22,25)/t12-/m1/s1. The van der Waals surface area contributed by atoms with Crippen LogP contribution >= 0.6 is 0 Å². The maximum atomic E-state index is 12.1. The molecule has 2 rings (SSSR count). The fourth-order valence-corrected chi connectivity index (χ4v) is 2.83. The summed E-state index contributed by atoms with van der Waals surface area (Å²) in [6, 6.07) is 3.80. The first-order valence-electron chi connectivity index (χ1n) is 8.29. The lowest BCUT2D eigenvalue weighted by molar-refractivity contribution is -0.121. The fourth-order valence-electron chi connectivity index (χ4n) is 2.83. The van der Waals surface area contributed by atoms with Crippen molar-refractivity contribution in [3.63, 3.8) is 0 Å². The Kier molecular flexibility index (Phi) is 6.12. The first kappa shape index (κ1) is 18.5. The van der Waals surface area contributed by atoms with E-state index in [-0.39, 0.29) is 22.9 Å². The molecule has 0 unspecified atom stereocenters. The predicted octanol–water partition coefficient (Wildman–Crippen LogP) is 1.45. The Morgan fingerprint density at radius 1 is 1.48 bits per heavy atom. The van der Waals surface area contributed by atoms with E-state index < -0.39 is 0 Å². The van der Waals surface area contributed by atoms with Crippen molar-refractivity contribution in [3.05, 3.63) is 51.2 Å². The van der Waals surface area contributed by atoms with Gasteiger partial charge >= 0.3 is 0 Å². The summed E-state index contributed by atoms with van der Waals surface area (Å²) in [7, 11) is 0. The zero-order valence-corrected chi connectivity index (χ0v) is 14.8. The highest BCUT2D eigenvalue weighted by Gasteiger charge is 2.13. The zero-order chi connectivity index (χ0) is 18.4. The molecule has 0 saturated carbocycles. The number of hydrogen-bond donors (Lipinski definition) is 2. The van der Waals surface area contributed by atoms with Crippen LogP contribution in [0.5, 0.6) is 0 Å². The van der Waals surface area contributed by atoms with Crippen LogP contribution in [0, 0.1) is 31.1 Å². The van der Waals surface area contributed by atoms with Gasteiger partial charge in [-0.15, -0.1) is 0 Å². The molecule has 0 aliphatic heterocycles. The minimum absolute atomic E-state index is 0.0455. The maximum Gasteiger partial charge on any atom is 0.266 e. The monoisotopic (exact) mass is 341 g/mol. The van der Waals surface area contributed by atoms with Gasteiger partial charge in [0.1, 0.15) is 11.6 Å². The molecule has 2 aromatic heterocycles. The Morgan fingerprint density at radius 3 is 2.88 bits per heavy atom. The Hall–Kier alpha value is -2.88. The highest BCUT2D eigenvalue weighted by molar-refractivity contribution is 5.76. The SMILES string of the molecule is Cc1[nH]c(=O)c(C#N)c(C)c1CCC(=O)NC[C@@H](C)Cn1cccn1. The molecule has 25 heavy (non-hydrogen) atoms. The quantitative estimate of drug-likeness (QED) is 0.795. The van der Waals surface area contributed by atoms with Crippen molar-refractivity contribution in [2.45, 2.75) is 40.2 Å². The van der Waals surface area contributed by atoms with E-state index in [1.807, 2.05) is 23.0 Å². The fraction of sp³-hybridized carbons (Fsp3) is 0.444. The number of hydrogen-bond acceptors (Lipinski definition) is 4. The van der Waals surface area contributed by atoms with Crippen molar-refractivity contribution < 1.29 is 4.79 Å². The first-order chi connectivity index (χ1) is 11.9. The summed E-state index contributed by atoms with van der Waals surface area (Å²) in [5, 5.41) is 16.2. The van der Waals surface area contributed by atoms with E-state index >= 15 is 0 Å². The number of pyridine rings is 1. The lowest BCUT2D eigenvalue weighted by Crippen LogP contribution is -2.30. The van der Waals surface area contributed by atoms with Gasteiger partial charge in [-0.2, -0.15) is 10.4 Å². The summed E-state index contributed by atoms with van der Waals surface area (Å²) >= 11 is 0. The molecule has 0 radical (unpaired) electrons. The highest BCUT2D eigenvalue weighted by Crippen LogP contribution is 2.14. The van der Waals surface area contributed by atoms with Crippen LogP contribution < -0.4 is 10.9 Å². The van der Waals surface area contributed by atoms with Crippen molar-refractivity contribution in [2.24, 2.45) is 5.92 Å². The lowest BCUT2D eigenvalue weighted by atomic mass is 9.99. The van der Waals surface area contributed by atoms with Crippen LogP contribution in [-0.4, -0.2) is 27.2 Å². The van der Waals surface area contributed by atoms with Crippen molar-refractivity contribution in [1.29, 1.82) is 5.26 Å². The van der Waals surface area contributed by atoms with Crippen molar-refractivity contribution in [2.75, 3.05) is 6.54 Å². The number of amides is 1. The normalized spacial score (nSPS) is 11.8. The average Bonchev–Trinajstić information content (AvgIpc) is 3.05. The largest absolute Gasteiger partial charge is 0.356 e. The second kappa shape index (κ2) is 8.29. The van der Waals surface area contributed by atoms with Crippen LogP contribution in [0.3, 0.4) is 0 Å². The van der Waals surface area contributed by atoms with Crippen molar-refractivity contribution in [3.8, 4) is 6.07 Å². The van der Waals surface area contributed by atoms with E-state index in [0.29, 0.717) is 30.6 Å². The van der Waals surface area contributed by atoms with Crippen LogP contribution in [-0.2, 0) is 17.8 Å². The van der Waals surface area contributed by atoms with Crippen LogP contribution in [0.1, 0.15) is 35.7 Å². The van der Waals surface area contributed by atoms with Gasteiger partial charge in [-0.3, -0.25) is 14.3 Å². The Morgan fingerprint density at radius 2 is 2.24 bits per heavy atom. The number of H-pyrrole nitrogens is 1. The minimum Gasteiger partial charge on any atom is -0.356 e. The number of aromatic amines is 1. The average molecular weight is 341 g/mol. The number of nitrogens with one attached hydrogen (secondary N) is 2. The molecule has 0 spiro atoms. The smallest absolute Gasteiger partial charge is 0.266 e. The van der Waals surface area contributed by atoms with Gasteiger partial charge in [0.25, 0.3) is 5.56 Å². The third-order valence-corrected chi connectivity index (χ3v) is 4.23. The molecular weight excluding hydrogens is 318 g/mol. The van der Waals surface area contributed by atoms with Crippen LogP contribution in [0.4, 0.5) is 0 Å². The van der Waals surface area contributed by atoms with Gasteiger partial charge in [-0.1, -0.05) is 6.92 Å². The molecule has 0 aromatic carbocycles. The topological polar surface area (TPSA) is 104 Å². The maximum absolute atomic E-state index is 12.1. The summed E-state index contributed by atoms with van der Waals surface area (Å²) in [5.74, 6) is 0.224. The van der Waals surface area contributed by atoms with Gasteiger partial charge in [0.2, 0.25) is 5.91 Å². The minimum atomic E-state index is -0.377. The number of aromatic nitrogens is 3. The third-order valence-electron chi connectivity index (χ3n) is 4.23. The number of aryl methyl sites for hydroxylation is 1. The number of carbonyl (C=O) groups excluding carboxylic acids is 1. The molecule has 2 aromatic rings. The molecule has 2 N–H and O–H groups in total. The second-order valence-electron chi connectivity index (χ2n) is 6.31. The molecule has 0 aliphatic carbocycles. The van der Waals surface area contributed by atoms with Gasteiger partial charge in [-0.05, 0) is 43.4 Å². The molecule has 1 atom stereocenters. The van der Waals surface area contributed by atoms with Gasteiger partial charge in [0, 0.05) is 37.6 Å². The van der Waals surface area contributed by atoms with E-state index in [0.717, 1.165) is 12.1 Å². The second-order valence-corrected chi connectivity index (χ2v) is 6.31. The molecule has 7 heteroatoms. The van der Waals surface area contributed by atoms with Gasteiger partial charge in [-0.25, -0.2) is 0 Å². The predicted molar refractivity (Wildman–Crippen MR) is 94.0 cm³/mol. The number of rotatable bonds is 7. The van der Waals surface area contributed by atoms with E-state index in [2.05, 4.69) is 22.3 Å². The van der Waals surface area contributed by atoms with Crippen LogP contribution in [0.2, 0.25) is 0 Å². The number of carbonyl (C=O) groups is 1. The zero-order valence-electron chi connectivity index (χ0n) is 14.8. The summed E-state index contributed by atoms with van der Waals surface area (Å²) in [6.07, 6.45) is 4.43. The Labute approximate surface area is 146 Å². The molecule has 0 bridgehead atoms. The van der Waals surface area contributed by atoms with E-state index in [4.69, 9.17) is 5.26 Å². The summed E-state index contributed by atoms with van der Waals surface area (Å²) in [5.41, 5.74) is 1.97. The molecular formula is C18H23N5O2. The summed E-state index contributed by atoms with van der Waals surface area (Å²) < 4.78 is 1.84. The number of nitrogens with zero attached hydrogens (tertiary/aromatic N) is 3. The third kappa shape index (κ3) is 4.80. The molecule has 0 aliphatic rings. The number of nitriles is 1. The van der Waals surface area contributed by atoms with E-state index in [9.17, 15) is 9.59 Å². The van der Waals surface area contributed by atoms with E-state index in [1.54, 1.807) is 20.0 Å². The van der Waals surface area contributed by atoms with Crippen molar-refractivity contribution >= 4 is 5.91 Å². The van der Waals surface area contributed by atoms with Crippen molar-refractivity contribution in [1.82, 2.24) is 20.1 Å². The van der Waals surface area contributed by atoms with Crippen LogP contribution in [0.25, 0.3) is 0 Å². The Balaban J connectivity index is 1.88. The molecule has 132 valence electrons. The van der Waals surface area contributed by atoms with Gasteiger partial charge < -0.3 is 10.3 Å². The summed E-state index contributed by atoms with van der Waals surface area (Å²) in [4.78, 5) is 26.5. The van der Waals surface area contributed by atoms with Crippen LogP contribution in [0.15, 0.2) is 23.3 Å². The Bertz CT molecular complexity index is 830.